The third-order valence-electron chi connectivity index (χ3n) is 4.54. The van der Waals surface area contributed by atoms with E-state index in [1.165, 1.54) is 44.4 Å². The van der Waals surface area contributed by atoms with Crippen LogP contribution in [0.3, 0.4) is 0 Å². The second-order valence-electron chi connectivity index (χ2n) is 7.82. The molecule has 2 rings (SSSR count). The largest absolute Gasteiger partial charge is 0.326 e. The molecule has 35 heavy (non-hydrogen) atoms. The number of nitrogens with one attached hydrogen (secondary N) is 2. The van der Waals surface area contributed by atoms with Crippen LogP contribution in [0.2, 0.25) is 0 Å². The lowest BCUT2D eigenvalue weighted by molar-refractivity contribution is -0.118. The summed E-state index contributed by atoms with van der Waals surface area (Å²) in [6.07, 6.45) is 2.33. The van der Waals surface area contributed by atoms with Gasteiger partial charge in [-0.15, -0.1) is 0 Å². The number of carbonyl (C=O) groups is 1. The zero-order chi connectivity index (χ0) is 26.8. The van der Waals surface area contributed by atoms with Crippen molar-refractivity contribution in [3.63, 3.8) is 0 Å². The maximum atomic E-state index is 12.0. The highest BCUT2D eigenvalue weighted by molar-refractivity contribution is 7.90. The van der Waals surface area contributed by atoms with Gasteiger partial charge in [-0.1, -0.05) is 38.1 Å². The summed E-state index contributed by atoms with van der Waals surface area (Å²) < 4.78 is 93.9. The maximum absolute atomic E-state index is 12.0. The van der Waals surface area contributed by atoms with Gasteiger partial charge in [0.2, 0.25) is 5.91 Å². The molecular formula is C20H25N3O9S3. The van der Waals surface area contributed by atoms with Crippen LogP contribution in [0.1, 0.15) is 25.0 Å². The Kier molecular flexibility index (Phi) is 8.47. The van der Waals surface area contributed by atoms with Gasteiger partial charge in [-0.05, 0) is 35.4 Å². The number of amides is 1. The van der Waals surface area contributed by atoms with Gasteiger partial charge in [0.05, 0.1) is 5.69 Å². The highest BCUT2D eigenvalue weighted by atomic mass is 32.2. The molecule has 0 unspecified atom stereocenters. The van der Waals surface area contributed by atoms with Crippen molar-refractivity contribution >= 4 is 59.9 Å². The SMILES string of the molecule is CC(C)C(=O)Nc1ccc(C=Cc2ccc(NS(=O)(=O)N(C)C)cc2S(=O)(=O)O)c(S(=O)(=O)O)c1. The van der Waals surface area contributed by atoms with Crippen LogP contribution < -0.4 is 10.0 Å². The number of hydrogen-bond acceptors (Lipinski definition) is 7. The summed E-state index contributed by atoms with van der Waals surface area (Å²) in [5, 5.41) is 2.51. The van der Waals surface area contributed by atoms with Crippen molar-refractivity contribution in [3.8, 4) is 0 Å². The van der Waals surface area contributed by atoms with Crippen LogP contribution in [0.4, 0.5) is 11.4 Å². The van der Waals surface area contributed by atoms with Crippen LogP contribution in [0.15, 0.2) is 46.2 Å². The molecule has 2 aromatic rings. The first-order chi connectivity index (χ1) is 15.9. The Balaban J connectivity index is 2.54. The molecule has 4 N–H and O–H groups in total. The molecule has 0 saturated heterocycles. The van der Waals surface area contributed by atoms with Crippen molar-refractivity contribution in [2.75, 3.05) is 24.1 Å². The standard InChI is InChI=1S/C20H25N3O9S3/c1-13(2)20(24)21-16-9-7-14(18(11-16)33(25,26)27)5-6-15-8-10-17(12-19(15)34(28,29)30)22-35(31,32)23(3)4/h5-13,22H,1-4H3,(H,21,24)(H,25,26,27)(H,28,29,30). The number of hydrogen-bond donors (Lipinski definition) is 4. The average molecular weight is 548 g/mol. The lowest BCUT2D eigenvalue weighted by atomic mass is 10.1. The second-order valence-corrected chi connectivity index (χ2v) is 12.5. The Bertz CT molecular complexity index is 1480. The zero-order valence-corrected chi connectivity index (χ0v) is 21.6. The Morgan fingerprint density at radius 3 is 1.66 bits per heavy atom. The van der Waals surface area contributed by atoms with E-state index >= 15 is 0 Å². The van der Waals surface area contributed by atoms with Gasteiger partial charge in [0.15, 0.2) is 0 Å². The van der Waals surface area contributed by atoms with Gasteiger partial charge in [0.1, 0.15) is 9.79 Å². The number of rotatable bonds is 9. The van der Waals surface area contributed by atoms with E-state index in [0.29, 0.717) is 0 Å². The topological polar surface area (TPSA) is 187 Å². The lowest BCUT2D eigenvalue weighted by Gasteiger charge is -2.14. The minimum atomic E-state index is -4.82. The highest BCUT2D eigenvalue weighted by Crippen LogP contribution is 2.27. The number of anilines is 2. The molecule has 1 amide bonds. The third-order valence-corrected chi connectivity index (χ3v) is 7.82. The van der Waals surface area contributed by atoms with Gasteiger partial charge < -0.3 is 5.32 Å². The Labute approximate surface area is 204 Å². The third kappa shape index (κ3) is 7.58. The van der Waals surface area contributed by atoms with E-state index in [4.69, 9.17) is 0 Å². The van der Waals surface area contributed by atoms with E-state index in [1.807, 2.05) is 0 Å². The van der Waals surface area contributed by atoms with Crippen LogP contribution in [-0.2, 0) is 35.2 Å². The van der Waals surface area contributed by atoms with Gasteiger partial charge in [0, 0.05) is 25.7 Å². The predicted octanol–water partition coefficient (Wildman–Crippen LogP) is 2.16. The zero-order valence-electron chi connectivity index (χ0n) is 19.1. The molecule has 15 heteroatoms. The number of carbonyl (C=O) groups excluding carboxylic acids is 1. The molecule has 12 nitrogen and oxygen atoms in total. The Hall–Kier alpha value is -2.82. The monoisotopic (exact) mass is 547 g/mol. The molecule has 0 saturated carbocycles. The molecule has 0 spiro atoms. The fraction of sp³-hybridized carbons (Fsp3) is 0.250. The van der Waals surface area contributed by atoms with Gasteiger partial charge in [-0.25, -0.2) is 0 Å². The molecule has 0 bridgehead atoms. The van der Waals surface area contributed by atoms with E-state index in [1.54, 1.807) is 13.8 Å². The molecular weight excluding hydrogens is 522 g/mol. The molecule has 0 heterocycles. The molecule has 0 aromatic heterocycles. The molecule has 2 aromatic carbocycles. The normalized spacial score (nSPS) is 12.9. The molecule has 192 valence electrons. The van der Waals surface area contributed by atoms with Gasteiger partial charge in [0.25, 0.3) is 20.2 Å². The fourth-order valence-corrected chi connectivity index (χ4v) is 4.67. The van der Waals surface area contributed by atoms with Gasteiger partial charge in [-0.2, -0.15) is 29.6 Å². The van der Waals surface area contributed by atoms with Crippen molar-refractivity contribution in [3.05, 3.63) is 47.5 Å². The minimum absolute atomic E-state index is 0.0475. The van der Waals surface area contributed by atoms with Crippen molar-refractivity contribution in [1.82, 2.24) is 4.31 Å². The second kappa shape index (κ2) is 10.4. The molecule has 0 fully saturated rings. The van der Waals surface area contributed by atoms with E-state index in [9.17, 15) is 39.2 Å². The van der Waals surface area contributed by atoms with Crippen molar-refractivity contribution in [2.24, 2.45) is 5.92 Å². The molecule has 0 radical (unpaired) electrons. The lowest BCUT2D eigenvalue weighted by Crippen LogP contribution is -2.29. The smallest absolute Gasteiger partial charge is 0.301 e. The molecule has 0 atom stereocenters. The van der Waals surface area contributed by atoms with Crippen molar-refractivity contribution in [2.45, 2.75) is 23.6 Å². The fourth-order valence-electron chi connectivity index (χ4n) is 2.64. The summed E-state index contributed by atoms with van der Waals surface area (Å²) in [5.41, 5.74) is -0.176. The number of benzene rings is 2. The van der Waals surface area contributed by atoms with Gasteiger partial charge >= 0.3 is 10.2 Å². The van der Waals surface area contributed by atoms with Crippen LogP contribution in [0, 0.1) is 5.92 Å². The van der Waals surface area contributed by atoms with Crippen LogP contribution in [0.25, 0.3) is 12.2 Å². The van der Waals surface area contributed by atoms with E-state index < -0.39 is 40.2 Å². The first-order valence-corrected chi connectivity index (χ1v) is 14.2. The van der Waals surface area contributed by atoms with E-state index in [-0.39, 0.29) is 34.3 Å². The number of nitrogens with zero attached hydrogens (tertiary/aromatic N) is 1. The predicted molar refractivity (Wildman–Crippen MR) is 131 cm³/mol. The summed E-state index contributed by atoms with van der Waals surface area (Å²) in [6, 6.07) is 7.03. The molecule has 0 aliphatic heterocycles. The quantitative estimate of drug-likeness (QED) is 0.269. The summed E-state index contributed by atoms with van der Waals surface area (Å²) >= 11 is 0. The van der Waals surface area contributed by atoms with Crippen LogP contribution in [-0.4, -0.2) is 58.7 Å². The summed E-state index contributed by atoms with van der Waals surface area (Å²) in [6.45, 7) is 3.28. The van der Waals surface area contributed by atoms with Crippen molar-refractivity contribution < 1.29 is 39.2 Å². The van der Waals surface area contributed by atoms with E-state index in [0.717, 1.165) is 22.5 Å². The van der Waals surface area contributed by atoms with Crippen LogP contribution in [0.5, 0.6) is 0 Å². The van der Waals surface area contributed by atoms with Crippen molar-refractivity contribution in [1.29, 1.82) is 0 Å². The summed E-state index contributed by atoms with van der Waals surface area (Å²) in [5.74, 6) is -0.759. The Morgan fingerprint density at radius 1 is 0.829 bits per heavy atom. The highest BCUT2D eigenvalue weighted by Gasteiger charge is 2.20. The summed E-state index contributed by atoms with van der Waals surface area (Å²) in [7, 11) is -11.0. The first kappa shape index (κ1) is 28.4. The first-order valence-electron chi connectivity index (χ1n) is 9.84. The molecule has 0 aliphatic carbocycles. The van der Waals surface area contributed by atoms with E-state index in [2.05, 4.69) is 10.0 Å². The Morgan fingerprint density at radius 2 is 1.26 bits per heavy atom. The maximum Gasteiger partial charge on any atom is 0.301 e. The van der Waals surface area contributed by atoms with Crippen LogP contribution >= 0.6 is 0 Å². The minimum Gasteiger partial charge on any atom is -0.326 e. The molecule has 0 aliphatic rings. The summed E-state index contributed by atoms with van der Waals surface area (Å²) in [4.78, 5) is 10.7. The average Bonchev–Trinajstić information content (AvgIpc) is 2.71. The van der Waals surface area contributed by atoms with Gasteiger partial charge in [-0.3, -0.25) is 18.6 Å².